The molecule has 0 saturated carbocycles. The van der Waals surface area contributed by atoms with Gasteiger partial charge in [0.2, 0.25) is 11.8 Å². The molecule has 1 N–H and O–H groups in total. The van der Waals surface area contributed by atoms with Crippen LogP contribution in [-0.2, 0) is 9.59 Å². The number of nitrogens with one attached hydrogen (secondary N) is 1. The van der Waals surface area contributed by atoms with Gasteiger partial charge in [0, 0.05) is 44.6 Å². The molecule has 2 amide bonds. The molecular formula is C17H28FN5O2. The van der Waals surface area contributed by atoms with Gasteiger partial charge in [-0.15, -0.1) is 0 Å². The first-order valence-electron chi connectivity index (χ1n) is 8.76. The van der Waals surface area contributed by atoms with E-state index in [0.717, 1.165) is 26.2 Å². The fourth-order valence-electron chi connectivity index (χ4n) is 3.21. The van der Waals surface area contributed by atoms with Gasteiger partial charge in [-0.1, -0.05) is 0 Å². The van der Waals surface area contributed by atoms with Gasteiger partial charge >= 0.3 is 0 Å². The fraction of sp³-hybridized carbons (Fsp3) is 0.824. The van der Waals surface area contributed by atoms with Crippen molar-refractivity contribution in [2.45, 2.75) is 44.4 Å². The number of rotatable bonds is 5. The predicted octanol–water partition coefficient (Wildman–Crippen LogP) is -0.0187. The molecule has 2 saturated heterocycles. The Morgan fingerprint density at radius 3 is 2.48 bits per heavy atom. The molecule has 0 bridgehead atoms. The van der Waals surface area contributed by atoms with E-state index in [1.54, 1.807) is 0 Å². The number of piperazine rings is 1. The minimum absolute atomic E-state index is 0.00603. The van der Waals surface area contributed by atoms with Crippen LogP contribution in [0.2, 0.25) is 0 Å². The summed E-state index contributed by atoms with van der Waals surface area (Å²) in [7, 11) is 2.04. The highest BCUT2D eigenvalue weighted by Gasteiger charge is 2.36. The Bertz CT molecular complexity index is 540. The van der Waals surface area contributed by atoms with Gasteiger partial charge in [0.15, 0.2) is 0 Å². The lowest BCUT2D eigenvalue weighted by Crippen LogP contribution is -2.52. The summed E-state index contributed by atoms with van der Waals surface area (Å²) in [6, 6.07) is 1.28. The third kappa shape index (κ3) is 5.38. The monoisotopic (exact) mass is 353 g/mol. The molecule has 0 unspecified atom stereocenters. The van der Waals surface area contributed by atoms with Crippen LogP contribution in [0.3, 0.4) is 0 Å². The second kappa shape index (κ2) is 8.11. The van der Waals surface area contributed by atoms with E-state index in [9.17, 15) is 14.0 Å². The maximum atomic E-state index is 13.4. The second-order valence-corrected chi connectivity index (χ2v) is 7.62. The molecule has 8 heteroatoms. The number of alkyl halides is 1. The van der Waals surface area contributed by atoms with Gasteiger partial charge in [-0.3, -0.25) is 9.59 Å². The summed E-state index contributed by atoms with van der Waals surface area (Å²) < 4.78 is 13.4. The standard InChI is InChI=1S/C17H28FN5O2/c1-17(2,9-15(24)22-6-4-21(3)5-7-22)20-11-16(25)23-12-13(18)8-14(23)10-19/h13-14,20H,4-9,11-12H2,1-3H3/t13-,14-/m0/s1. The van der Waals surface area contributed by atoms with Crippen molar-refractivity contribution in [1.29, 1.82) is 5.26 Å². The second-order valence-electron chi connectivity index (χ2n) is 7.62. The SMILES string of the molecule is CN1CCN(C(=O)CC(C)(C)NCC(=O)N2C[C@@H](F)C[C@H]2C#N)CC1. The first-order valence-corrected chi connectivity index (χ1v) is 8.76. The number of amides is 2. The number of likely N-dealkylation sites (tertiary alicyclic amines) is 1. The average Bonchev–Trinajstić information content (AvgIpc) is 2.94. The Balaban J connectivity index is 1.81. The molecule has 0 aromatic carbocycles. The third-order valence-electron chi connectivity index (χ3n) is 4.89. The Labute approximate surface area is 148 Å². The first-order chi connectivity index (χ1) is 11.7. The average molecular weight is 353 g/mol. The number of hydrogen-bond donors (Lipinski definition) is 1. The number of carbonyl (C=O) groups is 2. The summed E-state index contributed by atoms with van der Waals surface area (Å²) in [6.45, 7) is 6.89. The smallest absolute Gasteiger partial charge is 0.237 e. The lowest BCUT2D eigenvalue weighted by Gasteiger charge is -2.35. The Hall–Kier alpha value is -1.72. The summed E-state index contributed by atoms with van der Waals surface area (Å²) in [4.78, 5) is 30.0. The quantitative estimate of drug-likeness (QED) is 0.752. The zero-order valence-corrected chi connectivity index (χ0v) is 15.3. The summed E-state index contributed by atoms with van der Waals surface area (Å²) >= 11 is 0. The van der Waals surface area contributed by atoms with Crippen molar-refractivity contribution in [1.82, 2.24) is 20.0 Å². The van der Waals surface area contributed by atoms with E-state index in [1.807, 2.05) is 31.9 Å². The van der Waals surface area contributed by atoms with Crippen molar-refractivity contribution in [3.05, 3.63) is 0 Å². The van der Waals surface area contributed by atoms with Crippen molar-refractivity contribution in [2.24, 2.45) is 0 Å². The van der Waals surface area contributed by atoms with Crippen LogP contribution < -0.4 is 5.32 Å². The molecule has 2 heterocycles. The minimum atomic E-state index is -1.14. The van der Waals surface area contributed by atoms with Crippen molar-refractivity contribution in [3.8, 4) is 6.07 Å². The van der Waals surface area contributed by atoms with E-state index in [1.165, 1.54) is 4.90 Å². The Morgan fingerprint density at radius 1 is 1.24 bits per heavy atom. The van der Waals surface area contributed by atoms with Crippen LogP contribution in [-0.4, -0.2) is 90.6 Å². The highest BCUT2D eigenvalue weighted by molar-refractivity contribution is 5.80. The molecule has 25 heavy (non-hydrogen) atoms. The van der Waals surface area contributed by atoms with Gasteiger partial charge < -0.3 is 20.0 Å². The Kier molecular flexibility index (Phi) is 6.36. The molecule has 0 radical (unpaired) electrons. The third-order valence-corrected chi connectivity index (χ3v) is 4.89. The molecule has 140 valence electrons. The van der Waals surface area contributed by atoms with E-state index >= 15 is 0 Å². The number of hydrogen-bond acceptors (Lipinski definition) is 5. The zero-order valence-electron chi connectivity index (χ0n) is 15.3. The summed E-state index contributed by atoms with van der Waals surface area (Å²) in [5.74, 6) is -0.232. The van der Waals surface area contributed by atoms with Crippen molar-refractivity contribution >= 4 is 11.8 Å². The highest BCUT2D eigenvalue weighted by Crippen LogP contribution is 2.20. The van der Waals surface area contributed by atoms with Crippen LogP contribution >= 0.6 is 0 Å². The molecule has 2 aliphatic heterocycles. The van der Waals surface area contributed by atoms with Crippen molar-refractivity contribution in [2.75, 3.05) is 46.3 Å². The molecule has 0 aromatic rings. The van der Waals surface area contributed by atoms with Gasteiger partial charge in [-0.2, -0.15) is 5.26 Å². The number of likely N-dealkylation sites (N-methyl/N-ethyl adjacent to an activating group) is 1. The maximum absolute atomic E-state index is 13.4. The molecule has 0 aliphatic carbocycles. The fourth-order valence-corrected chi connectivity index (χ4v) is 3.21. The number of carbonyl (C=O) groups excluding carboxylic acids is 2. The lowest BCUT2D eigenvalue weighted by molar-refractivity contribution is -0.135. The van der Waals surface area contributed by atoms with Crippen LogP contribution in [0.5, 0.6) is 0 Å². The molecular weight excluding hydrogens is 325 g/mol. The topological polar surface area (TPSA) is 79.7 Å². The van der Waals surface area contributed by atoms with Gasteiger partial charge in [0.1, 0.15) is 12.2 Å². The van der Waals surface area contributed by atoms with Crippen LogP contribution in [0, 0.1) is 11.3 Å². The number of nitriles is 1. The number of nitrogens with zero attached hydrogens (tertiary/aromatic N) is 4. The number of halogens is 1. The van der Waals surface area contributed by atoms with Gasteiger partial charge in [-0.25, -0.2) is 4.39 Å². The van der Waals surface area contributed by atoms with Crippen LogP contribution in [0.1, 0.15) is 26.7 Å². The highest BCUT2D eigenvalue weighted by atomic mass is 19.1. The van der Waals surface area contributed by atoms with E-state index < -0.39 is 17.8 Å². The summed E-state index contributed by atoms with van der Waals surface area (Å²) in [5.41, 5.74) is -0.549. The molecule has 7 nitrogen and oxygen atoms in total. The summed E-state index contributed by atoms with van der Waals surface area (Å²) in [5, 5.41) is 12.1. The first kappa shape index (κ1) is 19.6. The minimum Gasteiger partial charge on any atom is -0.340 e. The molecule has 2 fully saturated rings. The van der Waals surface area contributed by atoms with Crippen LogP contribution in [0.25, 0.3) is 0 Å². The summed E-state index contributed by atoms with van der Waals surface area (Å²) in [6.07, 6.45) is -0.772. The van der Waals surface area contributed by atoms with E-state index in [0.29, 0.717) is 0 Å². The van der Waals surface area contributed by atoms with Gasteiger partial charge in [0.05, 0.1) is 19.2 Å². The molecule has 2 atom stereocenters. The van der Waals surface area contributed by atoms with E-state index in [4.69, 9.17) is 5.26 Å². The van der Waals surface area contributed by atoms with E-state index in [-0.39, 0.29) is 37.7 Å². The van der Waals surface area contributed by atoms with Gasteiger partial charge in [-0.05, 0) is 20.9 Å². The zero-order chi connectivity index (χ0) is 18.6. The normalized spacial score (nSPS) is 25.1. The van der Waals surface area contributed by atoms with E-state index in [2.05, 4.69) is 10.2 Å². The predicted molar refractivity (Wildman–Crippen MR) is 91.4 cm³/mol. The largest absolute Gasteiger partial charge is 0.340 e. The molecule has 2 rings (SSSR count). The molecule has 0 spiro atoms. The molecule has 2 aliphatic rings. The van der Waals surface area contributed by atoms with Gasteiger partial charge in [0.25, 0.3) is 0 Å². The van der Waals surface area contributed by atoms with Crippen LogP contribution in [0.15, 0.2) is 0 Å². The lowest BCUT2D eigenvalue weighted by atomic mass is 9.99. The maximum Gasteiger partial charge on any atom is 0.237 e. The van der Waals surface area contributed by atoms with Crippen molar-refractivity contribution in [3.63, 3.8) is 0 Å². The van der Waals surface area contributed by atoms with Crippen molar-refractivity contribution < 1.29 is 14.0 Å². The Morgan fingerprint density at radius 2 is 1.88 bits per heavy atom. The van der Waals surface area contributed by atoms with Crippen LogP contribution in [0.4, 0.5) is 4.39 Å². The molecule has 0 aromatic heterocycles.